The van der Waals surface area contributed by atoms with E-state index in [0.29, 0.717) is 10.8 Å². The van der Waals surface area contributed by atoms with Crippen molar-refractivity contribution in [3.63, 3.8) is 0 Å². The van der Waals surface area contributed by atoms with Crippen molar-refractivity contribution in [1.29, 1.82) is 0 Å². The quantitative estimate of drug-likeness (QED) is 0.801. The van der Waals surface area contributed by atoms with Crippen molar-refractivity contribution in [2.24, 2.45) is 0 Å². The van der Waals surface area contributed by atoms with Crippen LogP contribution in [0, 0.1) is 0 Å². The van der Waals surface area contributed by atoms with Crippen molar-refractivity contribution in [3.05, 3.63) is 28.8 Å². The summed E-state index contributed by atoms with van der Waals surface area (Å²) in [5.41, 5.74) is 0.289. The Morgan fingerprint density at radius 3 is 2.67 bits per heavy atom. The molecule has 82 valence electrons. The summed E-state index contributed by atoms with van der Waals surface area (Å²) in [4.78, 5) is 11.1. The summed E-state index contributed by atoms with van der Waals surface area (Å²) >= 11 is 5.75. The number of hydrogen-bond acceptors (Lipinski definition) is 4. The van der Waals surface area contributed by atoms with Gasteiger partial charge in [-0.2, -0.15) is 0 Å². The average Bonchev–Trinajstić information content (AvgIpc) is 2.27. The molecule has 0 aliphatic heterocycles. The molecule has 0 bridgehead atoms. The largest absolute Gasteiger partial charge is 0.496 e. The van der Waals surface area contributed by atoms with Crippen LogP contribution in [0.4, 0.5) is 0 Å². The Morgan fingerprint density at radius 2 is 2.13 bits per heavy atom. The van der Waals surface area contributed by atoms with Crippen LogP contribution in [0.2, 0.25) is 5.02 Å². The van der Waals surface area contributed by atoms with E-state index in [9.17, 15) is 9.90 Å². The Kier molecular flexibility index (Phi) is 3.94. The maximum Gasteiger partial charge on any atom is 0.339 e. The van der Waals surface area contributed by atoms with Crippen LogP contribution >= 0.6 is 11.6 Å². The molecule has 4 nitrogen and oxygen atoms in total. The number of hydrogen-bond donors (Lipinski definition) is 1. The molecule has 1 aromatic rings. The van der Waals surface area contributed by atoms with E-state index in [-0.39, 0.29) is 5.56 Å². The van der Waals surface area contributed by atoms with Crippen LogP contribution in [-0.4, -0.2) is 25.3 Å². The second-order valence-electron chi connectivity index (χ2n) is 2.81. The molecule has 0 unspecified atom stereocenters. The lowest BCUT2D eigenvalue weighted by atomic mass is 10.1. The fraction of sp³-hybridized carbons (Fsp3) is 0.300. The Balaban J connectivity index is 3.10. The van der Waals surface area contributed by atoms with Crippen LogP contribution < -0.4 is 4.74 Å². The fourth-order valence-electron chi connectivity index (χ4n) is 1.16. The number of halogens is 1. The van der Waals surface area contributed by atoms with E-state index in [1.165, 1.54) is 20.3 Å². The number of methoxy groups -OCH3 is 2. The molecule has 0 amide bonds. The number of rotatable bonds is 3. The minimum absolute atomic E-state index is 0.289. The first kappa shape index (κ1) is 11.8. The molecule has 1 atom stereocenters. The molecule has 1 aromatic carbocycles. The van der Waals surface area contributed by atoms with Gasteiger partial charge >= 0.3 is 5.97 Å². The number of carbonyl (C=O) groups excluding carboxylic acids is 1. The standard InChI is InChI=1S/C10H11ClO4/c1-14-8-4-3-6(11)5-7(8)9(12)10(13)15-2/h3-5,9,12H,1-2H3/t9-/m1/s1. The van der Waals surface area contributed by atoms with Crippen LogP contribution in [0.1, 0.15) is 11.7 Å². The molecule has 0 heterocycles. The van der Waals surface area contributed by atoms with Crippen LogP contribution in [0.5, 0.6) is 5.75 Å². The maximum atomic E-state index is 11.1. The highest BCUT2D eigenvalue weighted by molar-refractivity contribution is 6.30. The van der Waals surface area contributed by atoms with E-state index in [1.807, 2.05) is 0 Å². The second kappa shape index (κ2) is 5.00. The van der Waals surface area contributed by atoms with Gasteiger partial charge in [0.05, 0.1) is 14.2 Å². The van der Waals surface area contributed by atoms with Gasteiger partial charge in [-0.05, 0) is 18.2 Å². The third-order valence-electron chi connectivity index (χ3n) is 1.91. The zero-order valence-electron chi connectivity index (χ0n) is 8.36. The molecule has 0 saturated carbocycles. The Labute approximate surface area is 92.4 Å². The third-order valence-corrected chi connectivity index (χ3v) is 2.15. The van der Waals surface area contributed by atoms with Gasteiger partial charge in [0.1, 0.15) is 5.75 Å². The van der Waals surface area contributed by atoms with E-state index in [1.54, 1.807) is 12.1 Å². The van der Waals surface area contributed by atoms with Gasteiger partial charge in [0.2, 0.25) is 0 Å². The minimum Gasteiger partial charge on any atom is -0.496 e. The van der Waals surface area contributed by atoms with Crippen molar-refractivity contribution in [2.75, 3.05) is 14.2 Å². The fourth-order valence-corrected chi connectivity index (χ4v) is 1.34. The molecule has 0 aromatic heterocycles. The Bertz CT molecular complexity index is 364. The predicted molar refractivity (Wildman–Crippen MR) is 55.0 cm³/mol. The molecular formula is C10H11ClO4. The predicted octanol–water partition coefficient (Wildman–Crippen LogP) is 1.55. The summed E-state index contributed by atoms with van der Waals surface area (Å²) in [6.07, 6.45) is -1.39. The lowest BCUT2D eigenvalue weighted by Crippen LogP contribution is -2.14. The van der Waals surface area contributed by atoms with Crippen LogP contribution in [0.25, 0.3) is 0 Å². The molecule has 1 rings (SSSR count). The maximum absolute atomic E-state index is 11.1. The number of aliphatic hydroxyl groups is 1. The molecule has 0 fully saturated rings. The zero-order chi connectivity index (χ0) is 11.4. The minimum atomic E-state index is -1.39. The highest BCUT2D eigenvalue weighted by Gasteiger charge is 2.21. The van der Waals surface area contributed by atoms with Gasteiger partial charge in [0.25, 0.3) is 0 Å². The molecule has 15 heavy (non-hydrogen) atoms. The number of aliphatic hydroxyl groups excluding tert-OH is 1. The van der Waals surface area contributed by atoms with Crippen molar-refractivity contribution in [2.45, 2.75) is 6.10 Å². The normalized spacial score (nSPS) is 12.0. The van der Waals surface area contributed by atoms with E-state index >= 15 is 0 Å². The molecular weight excluding hydrogens is 220 g/mol. The third kappa shape index (κ3) is 2.61. The molecule has 0 aliphatic rings. The van der Waals surface area contributed by atoms with E-state index in [0.717, 1.165) is 0 Å². The van der Waals surface area contributed by atoms with Gasteiger partial charge in [-0.25, -0.2) is 4.79 Å². The Morgan fingerprint density at radius 1 is 1.47 bits per heavy atom. The average molecular weight is 231 g/mol. The summed E-state index contributed by atoms with van der Waals surface area (Å²) in [6.45, 7) is 0. The highest BCUT2D eigenvalue weighted by Crippen LogP contribution is 2.28. The van der Waals surface area contributed by atoms with Gasteiger partial charge in [0, 0.05) is 10.6 Å². The van der Waals surface area contributed by atoms with Gasteiger partial charge in [-0.15, -0.1) is 0 Å². The van der Waals surface area contributed by atoms with Gasteiger partial charge in [0.15, 0.2) is 6.10 Å². The van der Waals surface area contributed by atoms with Gasteiger partial charge < -0.3 is 14.6 Å². The van der Waals surface area contributed by atoms with Crippen molar-refractivity contribution < 1.29 is 19.4 Å². The van der Waals surface area contributed by atoms with Gasteiger partial charge in [-0.1, -0.05) is 11.6 Å². The number of ether oxygens (including phenoxy) is 2. The summed E-state index contributed by atoms with van der Waals surface area (Å²) < 4.78 is 9.41. The summed E-state index contributed by atoms with van der Waals surface area (Å²) in [5, 5.41) is 10.0. The van der Waals surface area contributed by atoms with Gasteiger partial charge in [-0.3, -0.25) is 0 Å². The molecule has 0 aliphatic carbocycles. The van der Waals surface area contributed by atoms with Crippen molar-refractivity contribution in [3.8, 4) is 5.75 Å². The lowest BCUT2D eigenvalue weighted by Gasteiger charge is -2.12. The van der Waals surface area contributed by atoms with Crippen LogP contribution in [0.3, 0.4) is 0 Å². The van der Waals surface area contributed by atoms with Crippen molar-refractivity contribution >= 4 is 17.6 Å². The topological polar surface area (TPSA) is 55.8 Å². The lowest BCUT2D eigenvalue weighted by molar-refractivity contribution is -0.150. The highest BCUT2D eigenvalue weighted by atomic mass is 35.5. The molecule has 0 spiro atoms. The number of benzene rings is 1. The number of esters is 1. The first-order chi connectivity index (χ1) is 7.10. The molecule has 0 saturated heterocycles. The van der Waals surface area contributed by atoms with E-state index in [2.05, 4.69) is 4.74 Å². The van der Waals surface area contributed by atoms with E-state index < -0.39 is 12.1 Å². The monoisotopic (exact) mass is 230 g/mol. The molecule has 5 heteroatoms. The van der Waals surface area contributed by atoms with Crippen LogP contribution in [0.15, 0.2) is 18.2 Å². The second-order valence-corrected chi connectivity index (χ2v) is 3.25. The first-order valence-electron chi connectivity index (χ1n) is 4.19. The Hall–Kier alpha value is -1.26. The first-order valence-corrected chi connectivity index (χ1v) is 4.57. The van der Waals surface area contributed by atoms with Crippen molar-refractivity contribution in [1.82, 2.24) is 0 Å². The smallest absolute Gasteiger partial charge is 0.339 e. The number of carbonyl (C=O) groups is 1. The summed E-state index contributed by atoms with van der Waals surface area (Å²) in [6, 6.07) is 4.64. The SMILES string of the molecule is COC(=O)[C@H](O)c1cc(Cl)ccc1OC. The molecule has 1 N–H and O–H groups in total. The molecule has 0 radical (unpaired) electrons. The zero-order valence-corrected chi connectivity index (χ0v) is 9.12. The summed E-state index contributed by atoms with van der Waals surface area (Å²) in [7, 11) is 2.64. The van der Waals surface area contributed by atoms with E-state index in [4.69, 9.17) is 16.3 Å². The van der Waals surface area contributed by atoms with Crippen LogP contribution in [-0.2, 0) is 9.53 Å². The summed E-state index contributed by atoms with van der Waals surface area (Å²) in [5.74, 6) is -0.368.